The smallest absolute Gasteiger partial charge is 0.233 e. The Morgan fingerprint density at radius 1 is 1.15 bits per heavy atom. The first-order valence-electron chi connectivity index (χ1n) is 5.87. The Morgan fingerprint density at radius 2 is 1.95 bits per heavy atom. The van der Waals surface area contributed by atoms with Crippen molar-refractivity contribution in [3.63, 3.8) is 0 Å². The molecule has 0 amide bonds. The maximum absolute atomic E-state index is 5.88. The topological polar surface area (TPSA) is 72.4 Å². The Morgan fingerprint density at radius 3 is 2.75 bits per heavy atom. The summed E-state index contributed by atoms with van der Waals surface area (Å²) in [6.07, 6.45) is 0. The van der Waals surface area contributed by atoms with E-state index >= 15 is 0 Å². The second-order valence-corrected chi connectivity index (χ2v) is 4.65. The summed E-state index contributed by atoms with van der Waals surface area (Å²) >= 11 is 5.88. The Bertz CT molecular complexity index is 650. The molecule has 1 aliphatic heterocycles. The number of fused-ring (bicyclic) bond motifs is 1. The van der Waals surface area contributed by atoms with E-state index in [0.29, 0.717) is 17.6 Å². The molecular formula is C12H12ClN5O2. The van der Waals surface area contributed by atoms with Crippen LogP contribution >= 0.6 is 11.6 Å². The molecule has 8 heteroatoms. The molecule has 0 aliphatic carbocycles. The van der Waals surface area contributed by atoms with Gasteiger partial charge in [-0.15, -0.1) is 0 Å². The molecule has 3 rings (SSSR count). The summed E-state index contributed by atoms with van der Waals surface area (Å²) in [5.41, 5.74) is 0.779. The molecule has 1 N–H and O–H groups in total. The number of rotatable bonds is 3. The quantitative estimate of drug-likeness (QED) is 0.928. The zero-order chi connectivity index (χ0) is 14.1. The second-order valence-electron chi connectivity index (χ2n) is 4.32. The number of nitrogens with one attached hydrogen (secondary N) is 1. The van der Waals surface area contributed by atoms with Crippen LogP contribution in [0.1, 0.15) is 0 Å². The molecule has 0 bridgehead atoms. The molecule has 1 aliphatic rings. The van der Waals surface area contributed by atoms with Gasteiger partial charge in [-0.2, -0.15) is 15.0 Å². The van der Waals surface area contributed by atoms with Gasteiger partial charge >= 0.3 is 0 Å². The van der Waals surface area contributed by atoms with E-state index in [0.717, 1.165) is 11.4 Å². The van der Waals surface area contributed by atoms with Crippen molar-refractivity contribution in [2.45, 2.75) is 0 Å². The highest BCUT2D eigenvalue weighted by molar-refractivity contribution is 6.28. The number of aromatic nitrogens is 3. The number of ether oxygens (including phenoxy) is 2. The summed E-state index contributed by atoms with van der Waals surface area (Å²) in [6, 6.07) is 5.48. The zero-order valence-corrected chi connectivity index (χ0v) is 11.7. The van der Waals surface area contributed by atoms with Crippen molar-refractivity contribution in [3.8, 4) is 11.5 Å². The van der Waals surface area contributed by atoms with Gasteiger partial charge in [0.1, 0.15) is 0 Å². The zero-order valence-electron chi connectivity index (χ0n) is 10.9. The first-order valence-corrected chi connectivity index (χ1v) is 6.25. The third-order valence-electron chi connectivity index (χ3n) is 2.63. The van der Waals surface area contributed by atoms with Crippen molar-refractivity contribution in [2.75, 3.05) is 31.1 Å². The molecule has 0 atom stereocenters. The van der Waals surface area contributed by atoms with Crippen LogP contribution in [0, 0.1) is 0 Å². The average Bonchev–Trinajstić information content (AvgIpc) is 2.85. The number of nitrogens with zero attached hydrogens (tertiary/aromatic N) is 4. The van der Waals surface area contributed by atoms with Crippen LogP contribution in [-0.2, 0) is 0 Å². The number of anilines is 3. The number of halogens is 1. The summed E-state index contributed by atoms with van der Waals surface area (Å²) in [7, 11) is 3.66. The first-order chi connectivity index (χ1) is 9.61. The second kappa shape index (κ2) is 5.01. The molecule has 0 saturated carbocycles. The standard InChI is InChI=1S/C12H12ClN5O2/c1-18(2)12-16-10(13)15-11(17-12)14-7-3-4-8-9(5-7)20-6-19-8/h3-5H,6H2,1-2H3,(H,14,15,16,17). The molecule has 7 nitrogen and oxygen atoms in total. The molecule has 0 unspecified atom stereocenters. The fraction of sp³-hybridized carbons (Fsp3) is 0.250. The highest BCUT2D eigenvalue weighted by atomic mass is 35.5. The third-order valence-corrected chi connectivity index (χ3v) is 2.79. The van der Waals surface area contributed by atoms with E-state index in [1.807, 2.05) is 32.3 Å². The molecule has 104 valence electrons. The Balaban J connectivity index is 1.87. The number of hydrogen-bond acceptors (Lipinski definition) is 7. The van der Waals surface area contributed by atoms with Crippen LogP contribution in [-0.4, -0.2) is 35.8 Å². The van der Waals surface area contributed by atoms with E-state index in [1.165, 1.54) is 0 Å². The van der Waals surface area contributed by atoms with Gasteiger partial charge in [0.25, 0.3) is 0 Å². The lowest BCUT2D eigenvalue weighted by Crippen LogP contribution is -2.14. The molecule has 2 aromatic rings. The van der Waals surface area contributed by atoms with E-state index in [9.17, 15) is 0 Å². The van der Waals surface area contributed by atoms with Crippen LogP contribution in [0.5, 0.6) is 11.5 Å². The van der Waals surface area contributed by atoms with Crippen LogP contribution in [0.3, 0.4) is 0 Å². The van der Waals surface area contributed by atoms with Gasteiger partial charge in [-0.05, 0) is 23.7 Å². The monoisotopic (exact) mass is 293 g/mol. The van der Waals surface area contributed by atoms with E-state index in [4.69, 9.17) is 21.1 Å². The van der Waals surface area contributed by atoms with E-state index < -0.39 is 0 Å². The van der Waals surface area contributed by atoms with Gasteiger partial charge in [0.15, 0.2) is 11.5 Å². The van der Waals surface area contributed by atoms with Crippen molar-refractivity contribution in [1.82, 2.24) is 15.0 Å². The van der Waals surface area contributed by atoms with Gasteiger partial charge in [0, 0.05) is 25.8 Å². The molecular weight excluding hydrogens is 282 g/mol. The molecule has 20 heavy (non-hydrogen) atoms. The number of hydrogen-bond donors (Lipinski definition) is 1. The van der Waals surface area contributed by atoms with Gasteiger partial charge < -0.3 is 19.7 Å². The molecule has 0 spiro atoms. The van der Waals surface area contributed by atoms with Crippen LogP contribution < -0.4 is 19.7 Å². The maximum Gasteiger partial charge on any atom is 0.233 e. The van der Waals surface area contributed by atoms with Crippen molar-refractivity contribution < 1.29 is 9.47 Å². The predicted octanol–water partition coefficient (Wildman–Crippen LogP) is 2.06. The van der Waals surface area contributed by atoms with Crippen molar-refractivity contribution in [1.29, 1.82) is 0 Å². The molecule has 0 radical (unpaired) electrons. The molecule has 1 aromatic carbocycles. The summed E-state index contributed by atoms with van der Waals surface area (Å²) in [5.74, 6) is 2.25. The number of benzene rings is 1. The first kappa shape index (κ1) is 12.7. The van der Waals surface area contributed by atoms with Crippen molar-refractivity contribution >= 4 is 29.2 Å². The van der Waals surface area contributed by atoms with Crippen LogP contribution in [0.2, 0.25) is 5.28 Å². The lowest BCUT2D eigenvalue weighted by Gasteiger charge is -2.12. The maximum atomic E-state index is 5.88. The van der Waals surface area contributed by atoms with Crippen LogP contribution in [0.15, 0.2) is 18.2 Å². The SMILES string of the molecule is CN(C)c1nc(Cl)nc(Nc2ccc3c(c2)OCO3)n1. The van der Waals surface area contributed by atoms with Crippen LogP contribution in [0.25, 0.3) is 0 Å². The Kier molecular flexibility index (Phi) is 3.19. The predicted molar refractivity (Wildman–Crippen MR) is 75.0 cm³/mol. The minimum atomic E-state index is 0.131. The molecule has 2 heterocycles. The summed E-state index contributed by atoms with van der Waals surface area (Å²) in [5, 5.41) is 3.19. The van der Waals surface area contributed by atoms with Gasteiger partial charge in [-0.25, -0.2) is 0 Å². The van der Waals surface area contributed by atoms with E-state index in [1.54, 1.807) is 4.90 Å². The summed E-state index contributed by atoms with van der Waals surface area (Å²) in [6.45, 7) is 0.237. The minimum Gasteiger partial charge on any atom is -0.454 e. The average molecular weight is 294 g/mol. The van der Waals surface area contributed by atoms with Gasteiger partial charge in [0.05, 0.1) is 0 Å². The van der Waals surface area contributed by atoms with E-state index in [-0.39, 0.29) is 12.1 Å². The van der Waals surface area contributed by atoms with Gasteiger partial charge in [0.2, 0.25) is 24.0 Å². The third kappa shape index (κ3) is 2.53. The lowest BCUT2D eigenvalue weighted by atomic mass is 10.3. The highest BCUT2D eigenvalue weighted by Crippen LogP contribution is 2.34. The summed E-state index contributed by atoms with van der Waals surface area (Å²) in [4.78, 5) is 14.1. The Labute approximate surface area is 120 Å². The van der Waals surface area contributed by atoms with E-state index in [2.05, 4.69) is 20.3 Å². The fourth-order valence-electron chi connectivity index (χ4n) is 1.70. The highest BCUT2D eigenvalue weighted by Gasteiger charge is 2.14. The fourth-order valence-corrected chi connectivity index (χ4v) is 1.85. The Hall–Kier alpha value is -2.28. The van der Waals surface area contributed by atoms with Gasteiger partial charge in [-0.1, -0.05) is 0 Å². The molecule has 0 fully saturated rings. The van der Waals surface area contributed by atoms with Crippen LogP contribution in [0.4, 0.5) is 17.6 Å². The minimum absolute atomic E-state index is 0.131. The molecule has 0 saturated heterocycles. The van der Waals surface area contributed by atoms with Gasteiger partial charge in [-0.3, -0.25) is 0 Å². The lowest BCUT2D eigenvalue weighted by molar-refractivity contribution is 0.174. The van der Waals surface area contributed by atoms with Crippen molar-refractivity contribution in [3.05, 3.63) is 23.5 Å². The van der Waals surface area contributed by atoms with Crippen molar-refractivity contribution in [2.24, 2.45) is 0 Å². The molecule has 1 aromatic heterocycles. The largest absolute Gasteiger partial charge is 0.454 e. The normalized spacial score (nSPS) is 12.3. The summed E-state index contributed by atoms with van der Waals surface area (Å²) < 4.78 is 10.6.